The topological polar surface area (TPSA) is 54.5 Å². The van der Waals surface area contributed by atoms with Gasteiger partial charge >= 0.3 is 0 Å². The van der Waals surface area contributed by atoms with Crippen LogP contribution in [0.5, 0.6) is 0 Å². The second-order valence-corrected chi connectivity index (χ2v) is 5.74. The Morgan fingerprint density at radius 2 is 2.15 bits per heavy atom. The molecule has 0 saturated carbocycles. The van der Waals surface area contributed by atoms with E-state index in [-0.39, 0.29) is 5.91 Å². The van der Waals surface area contributed by atoms with Crippen molar-refractivity contribution in [3.05, 3.63) is 18.3 Å². The number of hydrogen-bond donors (Lipinski definition) is 1. The van der Waals surface area contributed by atoms with Crippen molar-refractivity contribution in [1.29, 1.82) is 0 Å². The molecule has 1 atom stereocenters. The number of pyridine rings is 1. The van der Waals surface area contributed by atoms with Gasteiger partial charge in [-0.25, -0.2) is 4.98 Å². The predicted molar refractivity (Wildman–Crippen MR) is 77.9 cm³/mol. The van der Waals surface area contributed by atoms with Crippen molar-refractivity contribution < 1.29 is 9.53 Å². The van der Waals surface area contributed by atoms with Crippen molar-refractivity contribution in [2.24, 2.45) is 0 Å². The van der Waals surface area contributed by atoms with Crippen LogP contribution in [0.25, 0.3) is 0 Å². The van der Waals surface area contributed by atoms with Crippen LogP contribution in [-0.4, -0.2) is 36.2 Å². The van der Waals surface area contributed by atoms with Crippen molar-refractivity contribution in [3.63, 3.8) is 0 Å². The van der Waals surface area contributed by atoms with Gasteiger partial charge in [0.1, 0.15) is 11.4 Å². The molecule has 2 aliphatic rings. The number of anilines is 2. The molecule has 20 heavy (non-hydrogen) atoms. The first-order chi connectivity index (χ1) is 9.67. The van der Waals surface area contributed by atoms with Crippen LogP contribution in [-0.2, 0) is 9.53 Å². The Kier molecular flexibility index (Phi) is 3.61. The average Bonchev–Trinajstić information content (AvgIpc) is 3.11. The Labute approximate surface area is 119 Å². The molecule has 108 valence electrons. The van der Waals surface area contributed by atoms with Gasteiger partial charge < -0.3 is 15.0 Å². The first-order valence-corrected chi connectivity index (χ1v) is 7.34. The van der Waals surface area contributed by atoms with Crippen molar-refractivity contribution in [2.45, 2.75) is 38.2 Å². The van der Waals surface area contributed by atoms with Gasteiger partial charge in [0, 0.05) is 19.7 Å². The lowest BCUT2D eigenvalue weighted by Crippen LogP contribution is -2.39. The standard InChI is InChI=1S/C15H21N3O2/c1-15(7-4-10-20-15)14(19)17-12-5-6-13(16-11-12)18-8-2-3-9-18/h5-6,11H,2-4,7-10H2,1H3,(H,17,19). The van der Waals surface area contributed by atoms with Crippen LogP contribution in [0.2, 0.25) is 0 Å². The number of rotatable bonds is 3. The van der Waals surface area contributed by atoms with E-state index >= 15 is 0 Å². The van der Waals surface area contributed by atoms with Crippen LogP contribution in [0.4, 0.5) is 11.5 Å². The average molecular weight is 275 g/mol. The number of carbonyl (C=O) groups is 1. The molecule has 0 spiro atoms. The Bertz CT molecular complexity index is 474. The number of aromatic nitrogens is 1. The highest BCUT2D eigenvalue weighted by molar-refractivity contribution is 5.97. The molecule has 1 amide bonds. The molecule has 0 aromatic carbocycles. The van der Waals surface area contributed by atoms with E-state index in [0.717, 1.165) is 37.4 Å². The first kappa shape index (κ1) is 13.4. The smallest absolute Gasteiger partial charge is 0.256 e. The van der Waals surface area contributed by atoms with E-state index in [1.165, 1.54) is 12.8 Å². The molecule has 5 nitrogen and oxygen atoms in total. The first-order valence-electron chi connectivity index (χ1n) is 7.34. The van der Waals surface area contributed by atoms with E-state index in [0.29, 0.717) is 6.61 Å². The van der Waals surface area contributed by atoms with Gasteiger partial charge in [0.15, 0.2) is 0 Å². The van der Waals surface area contributed by atoms with Crippen LogP contribution < -0.4 is 10.2 Å². The van der Waals surface area contributed by atoms with Gasteiger partial charge in [0.05, 0.1) is 11.9 Å². The van der Waals surface area contributed by atoms with Gasteiger partial charge in [-0.05, 0) is 44.7 Å². The van der Waals surface area contributed by atoms with Gasteiger partial charge in [0.25, 0.3) is 5.91 Å². The lowest BCUT2D eigenvalue weighted by Gasteiger charge is -2.22. The van der Waals surface area contributed by atoms with Crippen molar-refractivity contribution >= 4 is 17.4 Å². The Balaban J connectivity index is 1.64. The number of ether oxygens (including phenoxy) is 1. The molecule has 1 unspecified atom stereocenters. The molecule has 2 fully saturated rings. The molecule has 0 radical (unpaired) electrons. The fourth-order valence-electron chi connectivity index (χ4n) is 2.81. The molecule has 2 aliphatic heterocycles. The zero-order valence-electron chi connectivity index (χ0n) is 11.9. The van der Waals surface area contributed by atoms with Crippen molar-refractivity contribution in [3.8, 4) is 0 Å². The monoisotopic (exact) mass is 275 g/mol. The minimum Gasteiger partial charge on any atom is -0.365 e. The van der Waals surface area contributed by atoms with Crippen LogP contribution in [0.1, 0.15) is 32.6 Å². The third-order valence-electron chi connectivity index (χ3n) is 4.13. The molecular formula is C15H21N3O2. The fraction of sp³-hybridized carbons (Fsp3) is 0.600. The Morgan fingerprint density at radius 1 is 1.35 bits per heavy atom. The van der Waals surface area contributed by atoms with E-state index in [4.69, 9.17) is 4.74 Å². The van der Waals surface area contributed by atoms with Crippen LogP contribution >= 0.6 is 0 Å². The minimum absolute atomic E-state index is 0.0780. The molecular weight excluding hydrogens is 254 g/mol. The lowest BCUT2D eigenvalue weighted by atomic mass is 10.0. The van der Waals surface area contributed by atoms with Crippen LogP contribution in [0.15, 0.2) is 18.3 Å². The van der Waals surface area contributed by atoms with Gasteiger partial charge in [-0.15, -0.1) is 0 Å². The third-order valence-corrected chi connectivity index (χ3v) is 4.13. The van der Waals surface area contributed by atoms with E-state index in [1.807, 2.05) is 19.1 Å². The summed E-state index contributed by atoms with van der Waals surface area (Å²) in [6.45, 7) is 4.66. The maximum atomic E-state index is 12.2. The van der Waals surface area contributed by atoms with Gasteiger partial charge in [-0.1, -0.05) is 0 Å². The highest BCUT2D eigenvalue weighted by Gasteiger charge is 2.37. The quantitative estimate of drug-likeness (QED) is 0.918. The summed E-state index contributed by atoms with van der Waals surface area (Å²) in [5, 5.41) is 2.90. The second-order valence-electron chi connectivity index (χ2n) is 5.74. The largest absolute Gasteiger partial charge is 0.365 e. The highest BCUT2D eigenvalue weighted by Crippen LogP contribution is 2.27. The van der Waals surface area contributed by atoms with E-state index in [2.05, 4.69) is 15.2 Å². The SMILES string of the molecule is CC1(C(=O)Nc2ccc(N3CCCC3)nc2)CCCO1. The molecule has 1 aromatic rings. The Morgan fingerprint density at radius 3 is 2.75 bits per heavy atom. The maximum Gasteiger partial charge on any atom is 0.256 e. The van der Waals surface area contributed by atoms with Crippen LogP contribution in [0, 0.1) is 0 Å². The van der Waals surface area contributed by atoms with E-state index < -0.39 is 5.60 Å². The number of amides is 1. The summed E-state index contributed by atoms with van der Waals surface area (Å²) in [5.74, 6) is 0.912. The lowest BCUT2D eigenvalue weighted by molar-refractivity contribution is -0.133. The maximum absolute atomic E-state index is 12.2. The Hall–Kier alpha value is -1.62. The second kappa shape index (κ2) is 5.40. The summed E-state index contributed by atoms with van der Waals surface area (Å²) >= 11 is 0. The molecule has 2 saturated heterocycles. The predicted octanol–water partition coefficient (Wildman–Crippen LogP) is 2.19. The highest BCUT2D eigenvalue weighted by atomic mass is 16.5. The molecule has 5 heteroatoms. The number of nitrogens with one attached hydrogen (secondary N) is 1. The molecule has 0 aliphatic carbocycles. The number of carbonyl (C=O) groups excluding carboxylic acids is 1. The molecule has 3 rings (SSSR count). The summed E-state index contributed by atoms with van der Waals surface area (Å²) in [7, 11) is 0. The van der Waals surface area contributed by atoms with Gasteiger partial charge in [-0.3, -0.25) is 4.79 Å². The summed E-state index contributed by atoms with van der Waals surface area (Å²) in [4.78, 5) is 18.9. The molecule has 1 N–H and O–H groups in total. The van der Waals surface area contributed by atoms with Crippen molar-refractivity contribution in [1.82, 2.24) is 4.98 Å². The van der Waals surface area contributed by atoms with E-state index in [9.17, 15) is 4.79 Å². The zero-order valence-corrected chi connectivity index (χ0v) is 11.9. The van der Waals surface area contributed by atoms with Crippen LogP contribution in [0.3, 0.4) is 0 Å². The third kappa shape index (κ3) is 2.63. The van der Waals surface area contributed by atoms with E-state index in [1.54, 1.807) is 6.20 Å². The number of nitrogens with zero attached hydrogens (tertiary/aromatic N) is 2. The normalized spacial score (nSPS) is 25.9. The summed E-state index contributed by atoms with van der Waals surface area (Å²) < 4.78 is 5.54. The number of hydrogen-bond acceptors (Lipinski definition) is 4. The molecule has 3 heterocycles. The summed E-state index contributed by atoms with van der Waals surface area (Å²) in [6.07, 6.45) is 5.91. The van der Waals surface area contributed by atoms with Gasteiger partial charge in [0.2, 0.25) is 0 Å². The molecule has 0 bridgehead atoms. The zero-order chi connectivity index (χ0) is 14.0. The molecule has 1 aromatic heterocycles. The van der Waals surface area contributed by atoms with Crippen molar-refractivity contribution in [2.75, 3.05) is 29.9 Å². The summed E-state index contributed by atoms with van der Waals surface area (Å²) in [5.41, 5.74) is 0.0443. The minimum atomic E-state index is -0.687. The summed E-state index contributed by atoms with van der Waals surface area (Å²) in [6, 6.07) is 3.88. The van der Waals surface area contributed by atoms with Gasteiger partial charge in [-0.2, -0.15) is 0 Å². The fourth-order valence-corrected chi connectivity index (χ4v) is 2.81.